The molecule has 1 heterocycles. The number of aromatic nitrogens is 2. The number of hydrogen-bond donors (Lipinski definition) is 2. The van der Waals surface area contributed by atoms with Crippen LogP contribution in [-0.2, 0) is 0 Å². The molecule has 9 heteroatoms. The van der Waals surface area contributed by atoms with E-state index < -0.39 is 5.91 Å². The van der Waals surface area contributed by atoms with Crippen molar-refractivity contribution in [2.24, 2.45) is 0 Å². The molecule has 0 saturated carbocycles. The van der Waals surface area contributed by atoms with Gasteiger partial charge < -0.3 is 11.1 Å². The standard InChI is InChI=1S/C11H6Cl4N4O/c12-5-1-4(2-6(16)7(5)13)11(20)19-10-8(14)9(15)17-3-18-10/h1-3H,16H2,(H,17,18,19,20). The molecule has 0 bridgehead atoms. The smallest absolute Gasteiger partial charge is 0.256 e. The first kappa shape index (κ1) is 15.1. The van der Waals surface area contributed by atoms with Crippen molar-refractivity contribution < 1.29 is 4.79 Å². The summed E-state index contributed by atoms with van der Waals surface area (Å²) in [5, 5.41) is 2.90. The highest BCUT2D eigenvalue weighted by Crippen LogP contribution is 2.30. The molecule has 0 aliphatic heterocycles. The number of amides is 1. The topological polar surface area (TPSA) is 80.9 Å². The largest absolute Gasteiger partial charge is 0.397 e. The van der Waals surface area contributed by atoms with Crippen LogP contribution in [0, 0.1) is 0 Å². The lowest BCUT2D eigenvalue weighted by Crippen LogP contribution is -2.14. The first-order valence-corrected chi connectivity index (χ1v) is 6.63. The van der Waals surface area contributed by atoms with Gasteiger partial charge in [-0.25, -0.2) is 9.97 Å². The minimum absolute atomic E-state index is 0.0330. The summed E-state index contributed by atoms with van der Waals surface area (Å²) < 4.78 is 0. The average molecular weight is 352 g/mol. The average Bonchev–Trinajstić information content (AvgIpc) is 2.40. The molecule has 0 atom stereocenters. The fourth-order valence-electron chi connectivity index (χ4n) is 1.36. The van der Waals surface area contributed by atoms with Gasteiger partial charge in [0.25, 0.3) is 5.91 Å². The van der Waals surface area contributed by atoms with E-state index in [2.05, 4.69) is 15.3 Å². The summed E-state index contributed by atoms with van der Waals surface area (Å²) in [6.07, 6.45) is 1.17. The van der Waals surface area contributed by atoms with E-state index in [1.165, 1.54) is 18.5 Å². The van der Waals surface area contributed by atoms with Crippen LogP contribution in [0.4, 0.5) is 11.5 Å². The molecule has 0 aliphatic rings. The predicted molar refractivity (Wildman–Crippen MR) is 80.9 cm³/mol. The predicted octanol–water partition coefficient (Wildman–Crippen LogP) is 3.92. The van der Waals surface area contributed by atoms with Crippen LogP contribution >= 0.6 is 46.4 Å². The van der Waals surface area contributed by atoms with Crippen molar-refractivity contribution in [1.82, 2.24) is 9.97 Å². The number of nitrogens with two attached hydrogens (primary N) is 1. The van der Waals surface area contributed by atoms with Gasteiger partial charge in [0.05, 0.1) is 15.7 Å². The van der Waals surface area contributed by atoms with Gasteiger partial charge in [-0.1, -0.05) is 46.4 Å². The van der Waals surface area contributed by atoms with Crippen molar-refractivity contribution in [3.8, 4) is 0 Å². The third-order valence-corrected chi connectivity index (χ3v) is 3.86. The van der Waals surface area contributed by atoms with E-state index in [1.54, 1.807) is 0 Å². The molecule has 0 fully saturated rings. The van der Waals surface area contributed by atoms with Gasteiger partial charge in [-0.2, -0.15) is 0 Å². The van der Waals surface area contributed by atoms with Crippen molar-refractivity contribution in [3.05, 3.63) is 44.2 Å². The summed E-state index contributed by atoms with van der Waals surface area (Å²) in [4.78, 5) is 19.6. The Morgan fingerprint density at radius 2 is 1.80 bits per heavy atom. The maximum Gasteiger partial charge on any atom is 0.256 e. The number of nitrogen functional groups attached to an aromatic ring is 1. The molecule has 20 heavy (non-hydrogen) atoms. The van der Waals surface area contributed by atoms with Crippen molar-refractivity contribution >= 4 is 63.8 Å². The molecule has 1 aromatic heterocycles. The third-order valence-electron chi connectivity index (χ3n) is 2.30. The minimum atomic E-state index is -0.507. The second kappa shape index (κ2) is 6.01. The summed E-state index contributed by atoms with van der Waals surface area (Å²) in [6, 6.07) is 2.77. The Hall–Kier alpha value is -1.27. The highest BCUT2D eigenvalue weighted by Gasteiger charge is 2.15. The lowest BCUT2D eigenvalue weighted by molar-refractivity contribution is 0.102. The summed E-state index contributed by atoms with van der Waals surface area (Å²) >= 11 is 23.3. The Labute approximate surface area is 134 Å². The second-order valence-electron chi connectivity index (χ2n) is 3.64. The Morgan fingerprint density at radius 3 is 2.45 bits per heavy atom. The van der Waals surface area contributed by atoms with E-state index in [4.69, 9.17) is 52.1 Å². The Bertz CT molecular complexity index is 669. The van der Waals surface area contributed by atoms with E-state index >= 15 is 0 Å². The third kappa shape index (κ3) is 3.07. The Kier molecular flexibility index (Phi) is 4.55. The van der Waals surface area contributed by atoms with E-state index in [9.17, 15) is 4.79 Å². The zero-order valence-corrected chi connectivity index (χ0v) is 12.6. The number of rotatable bonds is 2. The highest BCUT2D eigenvalue weighted by atomic mass is 35.5. The number of carbonyl (C=O) groups is 1. The summed E-state index contributed by atoms with van der Waals surface area (Å²) in [7, 11) is 0. The summed E-state index contributed by atoms with van der Waals surface area (Å²) in [6.45, 7) is 0. The highest BCUT2D eigenvalue weighted by molar-refractivity contribution is 6.44. The van der Waals surface area contributed by atoms with Gasteiger partial charge >= 0.3 is 0 Å². The van der Waals surface area contributed by atoms with Crippen molar-refractivity contribution in [2.45, 2.75) is 0 Å². The van der Waals surface area contributed by atoms with Crippen LogP contribution in [0.15, 0.2) is 18.5 Å². The van der Waals surface area contributed by atoms with Gasteiger partial charge in [0, 0.05) is 5.56 Å². The maximum atomic E-state index is 12.1. The van der Waals surface area contributed by atoms with Crippen molar-refractivity contribution in [1.29, 1.82) is 0 Å². The molecule has 2 rings (SSSR count). The first-order valence-electron chi connectivity index (χ1n) is 5.12. The van der Waals surface area contributed by atoms with Gasteiger partial charge in [-0.3, -0.25) is 4.79 Å². The van der Waals surface area contributed by atoms with Crippen molar-refractivity contribution in [3.63, 3.8) is 0 Å². The number of halogens is 4. The van der Waals surface area contributed by atoms with Crippen LogP contribution in [0.1, 0.15) is 10.4 Å². The molecular weight excluding hydrogens is 346 g/mol. The van der Waals surface area contributed by atoms with Gasteiger partial charge in [-0.05, 0) is 12.1 Å². The van der Waals surface area contributed by atoms with Crippen LogP contribution in [-0.4, -0.2) is 15.9 Å². The van der Waals surface area contributed by atoms with E-state index in [0.717, 1.165) is 0 Å². The molecule has 0 radical (unpaired) electrons. The van der Waals surface area contributed by atoms with Gasteiger partial charge in [0.1, 0.15) is 11.3 Å². The minimum Gasteiger partial charge on any atom is -0.397 e. The molecule has 0 saturated heterocycles. The molecule has 3 N–H and O–H groups in total. The van der Waals surface area contributed by atoms with E-state index in [0.29, 0.717) is 0 Å². The lowest BCUT2D eigenvalue weighted by Gasteiger charge is -2.08. The van der Waals surface area contributed by atoms with Crippen LogP contribution in [0.2, 0.25) is 20.2 Å². The molecule has 1 aromatic carbocycles. The molecule has 1 amide bonds. The summed E-state index contributed by atoms with van der Waals surface area (Å²) in [5.74, 6) is -0.423. The zero-order chi connectivity index (χ0) is 14.9. The fraction of sp³-hybridized carbons (Fsp3) is 0. The number of anilines is 2. The number of hydrogen-bond acceptors (Lipinski definition) is 4. The lowest BCUT2D eigenvalue weighted by atomic mass is 10.2. The van der Waals surface area contributed by atoms with Gasteiger partial charge in [-0.15, -0.1) is 0 Å². The molecule has 5 nitrogen and oxygen atoms in total. The number of nitrogens with one attached hydrogen (secondary N) is 1. The fourth-order valence-corrected chi connectivity index (χ4v) is 1.97. The van der Waals surface area contributed by atoms with Crippen LogP contribution < -0.4 is 11.1 Å². The molecule has 0 unspecified atom stereocenters. The maximum absolute atomic E-state index is 12.1. The molecule has 0 aliphatic carbocycles. The van der Waals surface area contributed by atoms with Gasteiger partial charge in [0.2, 0.25) is 0 Å². The molecule has 0 spiro atoms. The zero-order valence-electron chi connectivity index (χ0n) is 9.62. The monoisotopic (exact) mass is 350 g/mol. The van der Waals surface area contributed by atoms with E-state index in [-0.39, 0.29) is 37.3 Å². The van der Waals surface area contributed by atoms with Crippen LogP contribution in [0.5, 0.6) is 0 Å². The SMILES string of the molecule is Nc1cc(C(=O)Nc2ncnc(Cl)c2Cl)cc(Cl)c1Cl. The van der Waals surface area contributed by atoms with Crippen LogP contribution in [0.25, 0.3) is 0 Å². The van der Waals surface area contributed by atoms with Crippen LogP contribution in [0.3, 0.4) is 0 Å². The molecule has 104 valence electrons. The number of carbonyl (C=O) groups excluding carboxylic acids is 1. The molecule has 2 aromatic rings. The Balaban J connectivity index is 2.31. The molecular formula is C11H6Cl4N4O. The number of nitrogens with zero attached hydrogens (tertiary/aromatic N) is 2. The number of benzene rings is 1. The van der Waals surface area contributed by atoms with Gasteiger partial charge in [0.15, 0.2) is 11.0 Å². The normalized spacial score (nSPS) is 10.4. The van der Waals surface area contributed by atoms with Crippen molar-refractivity contribution in [2.75, 3.05) is 11.1 Å². The second-order valence-corrected chi connectivity index (χ2v) is 5.16. The van der Waals surface area contributed by atoms with E-state index in [1.807, 2.05) is 0 Å². The quantitative estimate of drug-likeness (QED) is 0.634. The summed E-state index contributed by atoms with van der Waals surface area (Å²) in [5.41, 5.74) is 6.04. The first-order chi connectivity index (χ1) is 9.40. The Morgan fingerprint density at radius 1 is 1.10 bits per heavy atom.